The Hall–Kier alpha value is -1.98. The minimum atomic E-state index is -0.489. The van der Waals surface area contributed by atoms with E-state index in [1.165, 1.54) is 0 Å². The molecule has 1 N–H and O–H groups in total. The van der Waals surface area contributed by atoms with Crippen molar-refractivity contribution in [1.29, 1.82) is 0 Å². The summed E-state index contributed by atoms with van der Waals surface area (Å²) >= 11 is 0. The average molecular weight is 305 g/mol. The van der Waals surface area contributed by atoms with E-state index in [-0.39, 0.29) is 17.5 Å². The highest BCUT2D eigenvalue weighted by Crippen LogP contribution is 2.40. The number of amides is 2. The lowest BCUT2D eigenvalue weighted by Gasteiger charge is -2.62. The largest absolute Gasteiger partial charge is 0.444 e. The predicted octanol–water partition coefficient (Wildman–Crippen LogP) is 2.16. The monoisotopic (exact) mass is 305 g/mol. The van der Waals surface area contributed by atoms with Gasteiger partial charge in [0.1, 0.15) is 5.60 Å². The van der Waals surface area contributed by atoms with Gasteiger partial charge in [-0.25, -0.2) is 4.79 Å². The smallest absolute Gasteiger partial charge is 0.410 e. The number of aromatic amines is 1. The van der Waals surface area contributed by atoms with E-state index in [0.29, 0.717) is 13.1 Å². The molecule has 2 aliphatic rings. The van der Waals surface area contributed by atoms with Crippen molar-refractivity contribution in [3.63, 3.8) is 0 Å². The number of hydrogen-bond donors (Lipinski definition) is 1. The Balaban J connectivity index is 1.62. The summed E-state index contributed by atoms with van der Waals surface area (Å²) in [5.41, 5.74) is 1.000. The van der Waals surface area contributed by atoms with Crippen LogP contribution in [-0.4, -0.2) is 57.6 Å². The summed E-state index contributed by atoms with van der Waals surface area (Å²) in [6.07, 6.45) is 4.22. The Morgan fingerprint density at radius 1 is 1.27 bits per heavy atom. The number of aromatic nitrogens is 1. The zero-order valence-corrected chi connectivity index (χ0v) is 13.6. The van der Waals surface area contributed by atoms with E-state index in [9.17, 15) is 9.59 Å². The van der Waals surface area contributed by atoms with Crippen LogP contribution >= 0.6 is 0 Å². The molecule has 2 aliphatic heterocycles. The highest BCUT2D eigenvalue weighted by Gasteiger charge is 2.57. The van der Waals surface area contributed by atoms with Crippen molar-refractivity contribution in [2.75, 3.05) is 19.6 Å². The molecule has 120 valence electrons. The van der Waals surface area contributed by atoms with Gasteiger partial charge in [0.05, 0.1) is 11.1 Å². The topological polar surface area (TPSA) is 65.6 Å². The van der Waals surface area contributed by atoms with E-state index in [1.807, 2.05) is 38.8 Å². The SMILES string of the molecule is Cc1c[nH]cc1C(=O)N1CCC12CN(C(=O)OC(C)(C)C)C2. The molecule has 6 nitrogen and oxygen atoms in total. The van der Waals surface area contributed by atoms with Crippen LogP contribution in [0.4, 0.5) is 4.79 Å². The summed E-state index contributed by atoms with van der Waals surface area (Å²) in [5, 5.41) is 0. The molecule has 1 aromatic heterocycles. The van der Waals surface area contributed by atoms with Crippen LogP contribution in [0, 0.1) is 6.92 Å². The number of aryl methyl sites for hydroxylation is 1. The van der Waals surface area contributed by atoms with Crippen LogP contribution in [-0.2, 0) is 4.74 Å². The van der Waals surface area contributed by atoms with Gasteiger partial charge in [0.2, 0.25) is 0 Å². The van der Waals surface area contributed by atoms with Gasteiger partial charge in [-0.3, -0.25) is 4.79 Å². The molecule has 6 heteroatoms. The highest BCUT2D eigenvalue weighted by atomic mass is 16.6. The molecular formula is C16H23N3O3. The Labute approximate surface area is 130 Å². The second-order valence-corrected chi connectivity index (χ2v) is 7.32. The molecule has 3 heterocycles. The first-order valence-corrected chi connectivity index (χ1v) is 7.65. The predicted molar refractivity (Wildman–Crippen MR) is 81.7 cm³/mol. The maximum absolute atomic E-state index is 12.6. The van der Waals surface area contributed by atoms with Crippen LogP contribution in [0.5, 0.6) is 0 Å². The van der Waals surface area contributed by atoms with Gasteiger partial charge in [0, 0.05) is 32.0 Å². The molecule has 0 radical (unpaired) electrons. The van der Waals surface area contributed by atoms with Crippen LogP contribution < -0.4 is 0 Å². The molecule has 0 bridgehead atoms. The summed E-state index contributed by atoms with van der Waals surface area (Å²) in [5.74, 6) is 0.0499. The fraction of sp³-hybridized carbons (Fsp3) is 0.625. The second-order valence-electron chi connectivity index (χ2n) is 7.32. The number of carbonyl (C=O) groups is 2. The number of H-pyrrole nitrogens is 1. The van der Waals surface area contributed by atoms with Gasteiger partial charge in [-0.2, -0.15) is 0 Å². The summed E-state index contributed by atoms with van der Waals surface area (Å²) in [6.45, 7) is 9.38. The maximum Gasteiger partial charge on any atom is 0.410 e. The Bertz CT molecular complexity index is 608. The van der Waals surface area contributed by atoms with Gasteiger partial charge in [0.25, 0.3) is 5.91 Å². The zero-order valence-electron chi connectivity index (χ0n) is 13.6. The van der Waals surface area contributed by atoms with E-state index in [2.05, 4.69) is 4.98 Å². The normalized spacial score (nSPS) is 19.6. The van der Waals surface area contributed by atoms with Crippen molar-refractivity contribution >= 4 is 12.0 Å². The van der Waals surface area contributed by atoms with Gasteiger partial charge in [-0.1, -0.05) is 0 Å². The van der Waals surface area contributed by atoms with Crippen LogP contribution in [0.1, 0.15) is 43.1 Å². The van der Waals surface area contributed by atoms with E-state index >= 15 is 0 Å². The van der Waals surface area contributed by atoms with Crippen LogP contribution in [0.2, 0.25) is 0 Å². The molecule has 2 saturated heterocycles. The molecule has 2 fully saturated rings. The lowest BCUT2D eigenvalue weighted by Crippen LogP contribution is -2.78. The second kappa shape index (κ2) is 4.76. The molecule has 0 atom stereocenters. The maximum atomic E-state index is 12.6. The first kappa shape index (κ1) is 14.9. The molecule has 0 unspecified atom stereocenters. The summed E-state index contributed by atoms with van der Waals surface area (Å²) in [7, 11) is 0. The average Bonchev–Trinajstić information content (AvgIpc) is 2.69. The van der Waals surface area contributed by atoms with Crippen LogP contribution in [0.25, 0.3) is 0 Å². The molecule has 0 aromatic carbocycles. The molecule has 22 heavy (non-hydrogen) atoms. The summed E-state index contributed by atoms with van der Waals surface area (Å²) < 4.78 is 5.37. The minimum Gasteiger partial charge on any atom is -0.444 e. The lowest BCUT2D eigenvalue weighted by molar-refractivity contribution is -0.0994. The Kier molecular flexibility index (Phi) is 3.23. The van der Waals surface area contributed by atoms with E-state index in [4.69, 9.17) is 4.74 Å². The fourth-order valence-corrected chi connectivity index (χ4v) is 3.12. The summed E-state index contributed by atoms with van der Waals surface area (Å²) in [4.78, 5) is 31.2. The number of nitrogens with zero attached hydrogens (tertiary/aromatic N) is 2. The first-order chi connectivity index (χ1) is 10.2. The Morgan fingerprint density at radius 3 is 2.41 bits per heavy atom. The molecule has 1 aromatic rings. The van der Waals surface area contributed by atoms with Crippen molar-refractivity contribution < 1.29 is 14.3 Å². The molecular weight excluding hydrogens is 282 g/mol. The van der Waals surface area contributed by atoms with Crippen molar-refractivity contribution in [3.8, 4) is 0 Å². The summed E-state index contributed by atoms with van der Waals surface area (Å²) in [6, 6.07) is 0. The first-order valence-electron chi connectivity index (χ1n) is 7.65. The highest BCUT2D eigenvalue weighted by molar-refractivity contribution is 5.96. The number of carbonyl (C=O) groups excluding carboxylic acids is 2. The molecule has 2 amide bonds. The van der Waals surface area contributed by atoms with Gasteiger partial charge in [0.15, 0.2) is 0 Å². The fourth-order valence-electron chi connectivity index (χ4n) is 3.12. The van der Waals surface area contributed by atoms with Crippen molar-refractivity contribution in [1.82, 2.24) is 14.8 Å². The van der Waals surface area contributed by atoms with Gasteiger partial charge in [-0.05, 0) is 39.7 Å². The van der Waals surface area contributed by atoms with Crippen LogP contribution in [0.3, 0.4) is 0 Å². The van der Waals surface area contributed by atoms with E-state index in [1.54, 1.807) is 11.1 Å². The number of rotatable bonds is 1. The molecule has 0 saturated carbocycles. The molecule has 0 aliphatic carbocycles. The van der Waals surface area contributed by atoms with Gasteiger partial charge < -0.3 is 19.5 Å². The minimum absolute atomic E-state index is 0.0499. The van der Waals surface area contributed by atoms with Crippen molar-refractivity contribution in [3.05, 3.63) is 23.5 Å². The number of ether oxygens (including phenoxy) is 1. The van der Waals surface area contributed by atoms with Gasteiger partial charge >= 0.3 is 6.09 Å². The van der Waals surface area contributed by atoms with E-state index < -0.39 is 5.60 Å². The quantitative estimate of drug-likeness (QED) is 0.864. The third kappa shape index (κ3) is 2.36. The van der Waals surface area contributed by atoms with Gasteiger partial charge in [-0.15, -0.1) is 0 Å². The van der Waals surface area contributed by atoms with E-state index in [0.717, 1.165) is 24.1 Å². The number of likely N-dealkylation sites (tertiary alicyclic amines) is 2. The lowest BCUT2D eigenvalue weighted by atomic mass is 9.77. The third-order valence-corrected chi connectivity index (χ3v) is 4.42. The van der Waals surface area contributed by atoms with Crippen molar-refractivity contribution in [2.24, 2.45) is 0 Å². The standard InChI is InChI=1S/C16H23N3O3/c1-11-7-17-8-12(11)13(20)19-6-5-16(19)9-18(10-16)14(21)22-15(2,3)4/h7-8,17H,5-6,9-10H2,1-4H3. The van der Waals surface area contributed by atoms with Crippen LogP contribution in [0.15, 0.2) is 12.4 Å². The third-order valence-electron chi connectivity index (χ3n) is 4.42. The zero-order chi connectivity index (χ0) is 16.1. The molecule has 3 rings (SSSR count). The number of hydrogen-bond acceptors (Lipinski definition) is 3. The Morgan fingerprint density at radius 2 is 1.95 bits per heavy atom. The van der Waals surface area contributed by atoms with Crippen molar-refractivity contribution in [2.45, 2.75) is 45.3 Å². The number of nitrogens with one attached hydrogen (secondary N) is 1. The molecule has 1 spiro atoms.